The zero-order valence-corrected chi connectivity index (χ0v) is 11.6. The maximum absolute atomic E-state index is 11.4. The molecule has 0 spiro atoms. The van der Waals surface area contributed by atoms with Gasteiger partial charge in [-0.25, -0.2) is 0 Å². The summed E-state index contributed by atoms with van der Waals surface area (Å²) < 4.78 is 5.30. The molecule has 1 atom stereocenters. The van der Waals surface area contributed by atoms with Crippen molar-refractivity contribution in [1.29, 1.82) is 0 Å². The summed E-state index contributed by atoms with van der Waals surface area (Å²) in [6, 6.07) is -0.360. The maximum Gasteiger partial charge on any atom is 0.320 e. The summed E-state index contributed by atoms with van der Waals surface area (Å²) in [5.74, 6) is -0.371. The largest absolute Gasteiger partial charge is 0.480 e. The minimum atomic E-state index is -0.686. The van der Waals surface area contributed by atoms with E-state index in [-0.39, 0.29) is 6.04 Å². The van der Waals surface area contributed by atoms with Crippen LogP contribution in [0.1, 0.15) is 32.1 Å². The highest BCUT2D eigenvalue weighted by Crippen LogP contribution is 2.26. The molecule has 0 bridgehead atoms. The van der Waals surface area contributed by atoms with Crippen LogP contribution in [0.3, 0.4) is 0 Å². The van der Waals surface area contributed by atoms with Crippen LogP contribution in [0.15, 0.2) is 0 Å². The van der Waals surface area contributed by atoms with Gasteiger partial charge in [-0.1, -0.05) is 19.3 Å². The fraction of sp³-hybridized carbons (Fsp3) is 0.929. The summed E-state index contributed by atoms with van der Waals surface area (Å²) in [5.41, 5.74) is 0. The van der Waals surface area contributed by atoms with Gasteiger partial charge in [0.15, 0.2) is 0 Å². The van der Waals surface area contributed by atoms with E-state index in [9.17, 15) is 9.90 Å². The second-order valence-corrected chi connectivity index (χ2v) is 5.62. The number of carboxylic acid groups (broad SMARTS) is 1. The minimum Gasteiger partial charge on any atom is -0.480 e. The van der Waals surface area contributed by atoms with Crippen molar-refractivity contribution in [2.24, 2.45) is 5.92 Å². The quantitative estimate of drug-likeness (QED) is 0.752. The standard InChI is InChI=1S/C14H26N2O3/c17-14(18)13(12-4-2-1-3-5-12)15-6-7-16-8-10-19-11-9-16/h12-13,15H,1-11H2,(H,17,18)/t13-/m0/s1. The molecular weight excluding hydrogens is 244 g/mol. The van der Waals surface area contributed by atoms with Crippen LogP contribution in [-0.4, -0.2) is 61.4 Å². The van der Waals surface area contributed by atoms with Crippen molar-refractivity contribution >= 4 is 5.97 Å². The predicted octanol–water partition coefficient (Wildman–Crippen LogP) is 0.942. The van der Waals surface area contributed by atoms with Gasteiger partial charge in [-0.05, 0) is 18.8 Å². The van der Waals surface area contributed by atoms with Crippen LogP contribution in [0, 0.1) is 5.92 Å². The maximum atomic E-state index is 11.4. The lowest BCUT2D eigenvalue weighted by atomic mass is 9.84. The van der Waals surface area contributed by atoms with E-state index in [0.717, 1.165) is 52.2 Å². The zero-order chi connectivity index (χ0) is 13.5. The number of hydrogen-bond donors (Lipinski definition) is 2. The summed E-state index contributed by atoms with van der Waals surface area (Å²) in [5, 5.41) is 12.6. The number of morpholine rings is 1. The fourth-order valence-electron chi connectivity index (χ4n) is 3.13. The molecule has 2 aliphatic rings. The van der Waals surface area contributed by atoms with E-state index in [4.69, 9.17) is 4.74 Å². The molecule has 5 heteroatoms. The number of nitrogens with zero attached hydrogens (tertiary/aromatic N) is 1. The molecule has 0 aromatic rings. The molecule has 2 fully saturated rings. The molecule has 1 aliphatic carbocycles. The van der Waals surface area contributed by atoms with E-state index < -0.39 is 5.97 Å². The third-order valence-corrected chi connectivity index (χ3v) is 4.28. The highest BCUT2D eigenvalue weighted by Gasteiger charge is 2.28. The Balaban J connectivity index is 1.71. The number of carbonyl (C=O) groups is 1. The molecule has 2 rings (SSSR count). The first kappa shape index (κ1) is 14.8. The molecule has 5 nitrogen and oxygen atoms in total. The molecule has 0 aromatic carbocycles. The zero-order valence-electron chi connectivity index (χ0n) is 11.6. The van der Waals surface area contributed by atoms with Crippen LogP contribution in [0.5, 0.6) is 0 Å². The smallest absolute Gasteiger partial charge is 0.320 e. The van der Waals surface area contributed by atoms with Gasteiger partial charge in [-0.2, -0.15) is 0 Å². The summed E-state index contributed by atoms with van der Waals surface area (Å²) in [4.78, 5) is 13.7. The number of hydrogen-bond acceptors (Lipinski definition) is 4. The normalized spacial score (nSPS) is 24.2. The second kappa shape index (κ2) is 7.82. The van der Waals surface area contributed by atoms with E-state index in [1.807, 2.05) is 0 Å². The Hall–Kier alpha value is -0.650. The summed E-state index contributed by atoms with van der Waals surface area (Å²) >= 11 is 0. The van der Waals surface area contributed by atoms with E-state index >= 15 is 0 Å². The molecule has 0 aromatic heterocycles. The van der Waals surface area contributed by atoms with Gasteiger partial charge in [0, 0.05) is 26.2 Å². The molecule has 0 unspecified atom stereocenters. The van der Waals surface area contributed by atoms with Crippen LogP contribution in [0.25, 0.3) is 0 Å². The molecule has 1 saturated heterocycles. The molecule has 110 valence electrons. The lowest BCUT2D eigenvalue weighted by Crippen LogP contribution is -2.47. The Bertz CT molecular complexity index is 274. The van der Waals surface area contributed by atoms with Crippen molar-refractivity contribution in [1.82, 2.24) is 10.2 Å². The summed E-state index contributed by atoms with van der Waals surface area (Å²) in [7, 11) is 0. The Kier molecular flexibility index (Phi) is 6.07. The van der Waals surface area contributed by atoms with E-state index in [0.29, 0.717) is 5.92 Å². The molecular formula is C14H26N2O3. The number of ether oxygens (including phenoxy) is 1. The average Bonchev–Trinajstić information content (AvgIpc) is 2.45. The Morgan fingerprint density at radius 3 is 2.58 bits per heavy atom. The van der Waals surface area contributed by atoms with Crippen LogP contribution in [0.4, 0.5) is 0 Å². The van der Waals surface area contributed by atoms with Crippen LogP contribution in [0.2, 0.25) is 0 Å². The van der Waals surface area contributed by atoms with Gasteiger partial charge < -0.3 is 15.2 Å². The summed E-state index contributed by atoms with van der Waals surface area (Å²) in [6.07, 6.45) is 5.73. The molecule has 1 aliphatic heterocycles. The van der Waals surface area contributed by atoms with Gasteiger partial charge in [0.25, 0.3) is 0 Å². The predicted molar refractivity (Wildman–Crippen MR) is 73.3 cm³/mol. The first-order chi connectivity index (χ1) is 9.27. The lowest BCUT2D eigenvalue weighted by molar-refractivity contribution is -0.141. The average molecular weight is 270 g/mol. The highest BCUT2D eigenvalue weighted by atomic mass is 16.5. The monoisotopic (exact) mass is 270 g/mol. The molecule has 2 N–H and O–H groups in total. The van der Waals surface area contributed by atoms with Crippen LogP contribution >= 0.6 is 0 Å². The van der Waals surface area contributed by atoms with Crippen LogP contribution in [-0.2, 0) is 9.53 Å². The van der Waals surface area contributed by atoms with E-state index in [2.05, 4.69) is 10.2 Å². The molecule has 0 amide bonds. The number of nitrogens with one attached hydrogen (secondary N) is 1. The Morgan fingerprint density at radius 1 is 1.26 bits per heavy atom. The van der Waals surface area contributed by atoms with E-state index in [1.54, 1.807) is 0 Å². The fourth-order valence-corrected chi connectivity index (χ4v) is 3.13. The van der Waals surface area contributed by atoms with Crippen LogP contribution < -0.4 is 5.32 Å². The minimum absolute atomic E-state index is 0.316. The van der Waals surface area contributed by atoms with Gasteiger partial charge in [-0.3, -0.25) is 9.69 Å². The number of aliphatic carboxylic acids is 1. The third-order valence-electron chi connectivity index (χ3n) is 4.28. The van der Waals surface area contributed by atoms with Crippen molar-refractivity contribution in [2.75, 3.05) is 39.4 Å². The van der Waals surface area contributed by atoms with Gasteiger partial charge in [0.2, 0.25) is 0 Å². The van der Waals surface area contributed by atoms with Crippen molar-refractivity contribution in [2.45, 2.75) is 38.1 Å². The second-order valence-electron chi connectivity index (χ2n) is 5.62. The Morgan fingerprint density at radius 2 is 1.95 bits per heavy atom. The summed E-state index contributed by atoms with van der Waals surface area (Å²) in [6.45, 7) is 5.19. The van der Waals surface area contributed by atoms with Gasteiger partial charge >= 0.3 is 5.97 Å². The molecule has 19 heavy (non-hydrogen) atoms. The SMILES string of the molecule is O=C(O)[C@@H](NCCN1CCOCC1)C1CCCCC1. The first-order valence-corrected chi connectivity index (χ1v) is 7.53. The first-order valence-electron chi connectivity index (χ1n) is 7.53. The highest BCUT2D eigenvalue weighted by molar-refractivity contribution is 5.73. The molecule has 1 saturated carbocycles. The van der Waals surface area contributed by atoms with Crippen molar-refractivity contribution in [3.05, 3.63) is 0 Å². The third kappa shape index (κ3) is 4.75. The molecule has 1 heterocycles. The van der Waals surface area contributed by atoms with Crippen molar-refractivity contribution in [3.8, 4) is 0 Å². The van der Waals surface area contributed by atoms with Crippen molar-refractivity contribution < 1.29 is 14.6 Å². The van der Waals surface area contributed by atoms with Gasteiger partial charge in [0.1, 0.15) is 6.04 Å². The number of carboxylic acids is 1. The van der Waals surface area contributed by atoms with Gasteiger partial charge in [-0.15, -0.1) is 0 Å². The van der Waals surface area contributed by atoms with Crippen molar-refractivity contribution in [3.63, 3.8) is 0 Å². The Labute approximate surface area is 115 Å². The lowest BCUT2D eigenvalue weighted by Gasteiger charge is -2.30. The van der Waals surface area contributed by atoms with Gasteiger partial charge in [0.05, 0.1) is 13.2 Å². The topological polar surface area (TPSA) is 61.8 Å². The molecule has 0 radical (unpaired) electrons. The van der Waals surface area contributed by atoms with E-state index in [1.165, 1.54) is 19.3 Å². The number of rotatable bonds is 6.